The van der Waals surface area contributed by atoms with Crippen molar-refractivity contribution in [1.82, 2.24) is 0 Å². The van der Waals surface area contributed by atoms with Crippen molar-refractivity contribution in [2.45, 2.75) is 138 Å². The van der Waals surface area contributed by atoms with Gasteiger partial charge in [-0.05, 0) is 110 Å². The molecule has 8 atom stereocenters. The fourth-order valence-corrected chi connectivity index (χ4v) is 11.4. The van der Waals surface area contributed by atoms with E-state index in [1.807, 2.05) is 0 Å². The average Bonchev–Trinajstić information content (AvgIpc) is 2.85. The third-order valence-corrected chi connectivity index (χ3v) is 14.1. The van der Waals surface area contributed by atoms with E-state index in [0.29, 0.717) is 18.3 Å². The van der Waals surface area contributed by atoms with E-state index in [1.165, 1.54) is 5.57 Å². The van der Waals surface area contributed by atoms with Crippen LogP contribution in [-0.2, 0) is 19.1 Å². The van der Waals surface area contributed by atoms with Crippen LogP contribution >= 0.6 is 0 Å². The lowest BCUT2D eigenvalue weighted by Gasteiger charge is -2.71. The number of hydrogen-bond donors (Lipinski definition) is 2. The van der Waals surface area contributed by atoms with Crippen molar-refractivity contribution in [1.29, 1.82) is 0 Å². The molecule has 0 saturated heterocycles. The molecule has 0 aliphatic heterocycles. The van der Waals surface area contributed by atoms with Crippen LogP contribution in [0.4, 0.5) is 0 Å². The van der Waals surface area contributed by atoms with Crippen LogP contribution in [0.15, 0.2) is 11.6 Å². The molecule has 5 aliphatic rings. The monoisotopic (exact) mass is 569 g/mol. The van der Waals surface area contributed by atoms with Crippen molar-refractivity contribution in [2.75, 3.05) is 0 Å². The lowest BCUT2D eigenvalue weighted by Crippen LogP contribution is -2.65. The maximum absolute atomic E-state index is 12.9. The van der Waals surface area contributed by atoms with E-state index in [-0.39, 0.29) is 63.8 Å². The molecule has 1 amide bonds. The third-order valence-electron chi connectivity index (χ3n) is 14.1. The van der Waals surface area contributed by atoms with Gasteiger partial charge in [-0.25, -0.2) is 0 Å². The summed E-state index contributed by atoms with van der Waals surface area (Å²) in [5, 5.41) is 10.6. The Morgan fingerprint density at radius 3 is 2.24 bits per heavy atom. The van der Waals surface area contributed by atoms with Crippen LogP contribution in [0.5, 0.6) is 0 Å². The van der Waals surface area contributed by atoms with Gasteiger partial charge in [-0.15, -0.1) is 0 Å². The predicted octanol–water partition coefficient (Wildman–Crippen LogP) is 7.44. The minimum atomic E-state index is -0.605. The molecule has 230 valence electrons. The van der Waals surface area contributed by atoms with Gasteiger partial charge in [0.15, 0.2) is 0 Å². The zero-order chi connectivity index (χ0) is 30.2. The molecule has 6 heteroatoms. The first-order valence-electron chi connectivity index (χ1n) is 16.3. The first-order chi connectivity index (χ1) is 18.9. The van der Waals surface area contributed by atoms with Gasteiger partial charge in [0.1, 0.15) is 6.10 Å². The Morgan fingerprint density at radius 1 is 0.902 bits per heavy atom. The Kier molecular flexibility index (Phi) is 7.34. The fraction of sp³-hybridized carbons (Fsp3) is 0.857. The number of carbonyl (C=O) groups excluding carboxylic acids is 2. The summed E-state index contributed by atoms with van der Waals surface area (Å²) in [6.45, 7) is 16.8. The lowest BCUT2D eigenvalue weighted by atomic mass is 9.33. The number of carboxylic acid groups (broad SMARTS) is 1. The van der Waals surface area contributed by atoms with Crippen LogP contribution in [0.25, 0.3) is 0 Å². The number of carboxylic acids is 1. The van der Waals surface area contributed by atoms with E-state index in [9.17, 15) is 19.5 Å². The van der Waals surface area contributed by atoms with Crippen LogP contribution in [-0.4, -0.2) is 29.1 Å². The Morgan fingerprint density at radius 2 is 1.59 bits per heavy atom. The van der Waals surface area contributed by atoms with Crippen molar-refractivity contribution in [3.8, 4) is 0 Å². The molecular formula is C35H55NO5. The number of aliphatic carboxylic acids is 1. The predicted molar refractivity (Wildman–Crippen MR) is 160 cm³/mol. The van der Waals surface area contributed by atoms with Gasteiger partial charge in [0.05, 0.1) is 5.41 Å². The maximum Gasteiger partial charge on any atom is 0.310 e. The molecule has 0 spiro atoms. The van der Waals surface area contributed by atoms with Gasteiger partial charge >= 0.3 is 11.9 Å². The summed E-state index contributed by atoms with van der Waals surface area (Å²) in [6, 6.07) is 0. The van der Waals surface area contributed by atoms with Crippen molar-refractivity contribution in [3.05, 3.63) is 11.6 Å². The van der Waals surface area contributed by atoms with Crippen LogP contribution in [0, 0.1) is 50.2 Å². The number of allylic oxidation sites excluding steroid dienone is 2. The number of rotatable bonds is 6. The molecule has 5 aliphatic carbocycles. The van der Waals surface area contributed by atoms with Gasteiger partial charge in [0.25, 0.3) is 0 Å². The molecule has 6 nitrogen and oxygen atoms in total. The van der Waals surface area contributed by atoms with Crippen LogP contribution in [0.2, 0.25) is 0 Å². The number of fused-ring (bicyclic) bond motifs is 7. The van der Waals surface area contributed by atoms with E-state index in [1.54, 1.807) is 0 Å². The van der Waals surface area contributed by atoms with Crippen molar-refractivity contribution < 1.29 is 24.2 Å². The lowest BCUT2D eigenvalue weighted by molar-refractivity contribution is -0.214. The van der Waals surface area contributed by atoms with Gasteiger partial charge in [-0.3, -0.25) is 14.4 Å². The van der Waals surface area contributed by atoms with Crippen molar-refractivity contribution >= 4 is 17.8 Å². The first kappa shape index (κ1) is 30.6. The highest BCUT2D eigenvalue weighted by atomic mass is 16.5. The Labute approximate surface area is 247 Å². The Bertz CT molecular complexity index is 1140. The number of esters is 1. The van der Waals surface area contributed by atoms with Gasteiger partial charge in [-0.1, -0.05) is 60.1 Å². The van der Waals surface area contributed by atoms with Crippen LogP contribution < -0.4 is 5.73 Å². The highest BCUT2D eigenvalue weighted by Gasteiger charge is 2.69. The zero-order valence-electron chi connectivity index (χ0n) is 26.7. The molecule has 41 heavy (non-hydrogen) atoms. The summed E-state index contributed by atoms with van der Waals surface area (Å²) in [5.41, 5.74) is 6.40. The number of amides is 1. The van der Waals surface area contributed by atoms with Crippen LogP contribution in [0.1, 0.15) is 132 Å². The fourth-order valence-electron chi connectivity index (χ4n) is 11.4. The number of carbonyl (C=O) groups is 3. The SMILES string of the molecule is CC1(C)CC[C@]2(C(=O)O)CC[C@]3(C)C(=CC[C@@H]4[C@@]5(C)CC[C@H](OC(=O)CCCC(N)=O)C(C)(C)[C@@H]5CC[C@]43C)[C@@H]2C1. The second kappa shape index (κ2) is 9.84. The standard InChI is InChI=1S/C35H55NO5/c1-30(2)17-19-35(29(39)40)20-18-33(6)22(23(35)21-30)11-12-25-32(5)15-14-26(41-28(38)10-8-9-27(36)37)31(3,4)24(32)13-16-34(25,33)7/h11,23-26H,8-10,12-21H2,1-7H3,(H2,36,37)(H,39,40)/t23-,24-,25+,26-,32-,33+,34+,35-/m0/s1. The van der Waals surface area contributed by atoms with Gasteiger partial charge in [0.2, 0.25) is 5.91 Å². The summed E-state index contributed by atoms with van der Waals surface area (Å²) in [6.07, 6.45) is 13.0. The molecule has 0 aromatic rings. The molecule has 3 N–H and O–H groups in total. The smallest absolute Gasteiger partial charge is 0.310 e. The maximum atomic E-state index is 12.9. The van der Waals surface area contributed by atoms with Crippen LogP contribution in [0.3, 0.4) is 0 Å². The van der Waals surface area contributed by atoms with E-state index in [0.717, 1.165) is 64.2 Å². The molecule has 4 saturated carbocycles. The molecule has 5 rings (SSSR count). The van der Waals surface area contributed by atoms with Crippen molar-refractivity contribution in [2.24, 2.45) is 56.0 Å². The molecule has 0 unspecified atom stereocenters. The summed E-state index contributed by atoms with van der Waals surface area (Å²) < 4.78 is 6.10. The van der Waals surface area contributed by atoms with E-state index >= 15 is 0 Å². The van der Waals surface area contributed by atoms with E-state index in [4.69, 9.17) is 10.5 Å². The molecule has 4 fully saturated rings. The topological polar surface area (TPSA) is 107 Å². The summed E-state index contributed by atoms with van der Waals surface area (Å²) in [4.78, 5) is 36.7. The average molecular weight is 570 g/mol. The highest BCUT2D eigenvalue weighted by Crippen LogP contribution is 2.75. The van der Waals surface area contributed by atoms with Crippen molar-refractivity contribution in [3.63, 3.8) is 0 Å². The van der Waals surface area contributed by atoms with E-state index in [2.05, 4.69) is 54.5 Å². The molecular weight excluding hydrogens is 514 g/mol. The summed E-state index contributed by atoms with van der Waals surface area (Å²) in [5.74, 6) is -0.0815. The largest absolute Gasteiger partial charge is 0.481 e. The minimum absolute atomic E-state index is 0.00875. The molecule has 0 radical (unpaired) electrons. The second-order valence-corrected chi connectivity index (χ2v) is 16.8. The highest BCUT2D eigenvalue weighted by molar-refractivity contribution is 5.77. The zero-order valence-corrected chi connectivity index (χ0v) is 26.7. The summed E-state index contributed by atoms with van der Waals surface area (Å²) in [7, 11) is 0. The Balaban J connectivity index is 1.43. The third kappa shape index (κ3) is 4.51. The Hall–Kier alpha value is -1.85. The quantitative estimate of drug-likeness (QED) is 0.255. The van der Waals surface area contributed by atoms with Gasteiger partial charge in [-0.2, -0.15) is 0 Å². The normalized spacial score (nSPS) is 44.2. The number of hydrogen-bond acceptors (Lipinski definition) is 4. The molecule has 0 bridgehead atoms. The number of primary amides is 1. The summed E-state index contributed by atoms with van der Waals surface area (Å²) >= 11 is 0. The van der Waals surface area contributed by atoms with Gasteiger partial charge < -0.3 is 15.6 Å². The molecule has 0 heterocycles. The van der Waals surface area contributed by atoms with E-state index < -0.39 is 11.4 Å². The number of ether oxygens (including phenoxy) is 1. The minimum Gasteiger partial charge on any atom is -0.481 e. The first-order valence-corrected chi connectivity index (χ1v) is 16.3. The van der Waals surface area contributed by atoms with Gasteiger partial charge in [0, 0.05) is 18.3 Å². The molecule has 0 aromatic heterocycles. The number of nitrogens with two attached hydrogens (primary N) is 1. The second-order valence-electron chi connectivity index (χ2n) is 16.8. The molecule has 0 aromatic carbocycles.